The van der Waals surface area contributed by atoms with Crippen LogP contribution in [0.3, 0.4) is 0 Å². The number of hydrogen-bond donors (Lipinski definition) is 2. The van der Waals surface area contributed by atoms with Crippen molar-refractivity contribution in [2.75, 3.05) is 24.5 Å². The van der Waals surface area contributed by atoms with Crippen LogP contribution in [-0.4, -0.2) is 67.6 Å². The molecule has 0 saturated carbocycles. The first-order valence-corrected chi connectivity index (χ1v) is 14.0. The van der Waals surface area contributed by atoms with Gasteiger partial charge in [0, 0.05) is 57.0 Å². The van der Waals surface area contributed by atoms with Crippen molar-refractivity contribution in [3.63, 3.8) is 0 Å². The average molecular weight is 556 g/mol. The number of nitrogens with zero attached hydrogens (tertiary/aromatic N) is 7. The Hall–Kier alpha value is -4.61. The number of piperidine rings is 1. The number of amides is 2. The van der Waals surface area contributed by atoms with Crippen molar-refractivity contribution in [3.8, 4) is 11.5 Å². The second-order valence-electron chi connectivity index (χ2n) is 10.8. The van der Waals surface area contributed by atoms with Crippen LogP contribution in [0.4, 0.5) is 5.82 Å². The van der Waals surface area contributed by atoms with Crippen LogP contribution in [-0.2, 0) is 29.0 Å². The van der Waals surface area contributed by atoms with E-state index >= 15 is 0 Å². The molecule has 3 aromatic heterocycles. The minimum atomic E-state index is -0.748. The van der Waals surface area contributed by atoms with Gasteiger partial charge >= 0.3 is 0 Å². The fraction of sp³-hybridized carbons (Fsp3) is 0.414. The fourth-order valence-corrected chi connectivity index (χ4v) is 5.61. The molecule has 1 aromatic carbocycles. The topological polar surface area (TPSA) is 144 Å². The number of anilines is 1. The molecule has 212 valence electrons. The van der Waals surface area contributed by atoms with E-state index in [0.29, 0.717) is 63.6 Å². The van der Waals surface area contributed by atoms with E-state index in [1.54, 1.807) is 17.8 Å². The number of pyridine rings is 1. The Kier molecular flexibility index (Phi) is 7.45. The monoisotopic (exact) mass is 555 g/mol. The third-order valence-corrected chi connectivity index (χ3v) is 7.92. The smallest absolute Gasteiger partial charge is 0.258 e. The molecule has 2 bridgehead atoms. The van der Waals surface area contributed by atoms with Gasteiger partial charge in [-0.3, -0.25) is 14.3 Å². The van der Waals surface area contributed by atoms with Crippen molar-refractivity contribution in [1.29, 1.82) is 0 Å². The highest BCUT2D eigenvalue weighted by Gasteiger charge is 2.44. The molecule has 41 heavy (non-hydrogen) atoms. The van der Waals surface area contributed by atoms with Gasteiger partial charge in [-0.05, 0) is 43.9 Å². The van der Waals surface area contributed by atoms with Gasteiger partial charge in [-0.1, -0.05) is 40.7 Å². The normalized spacial score (nSPS) is 19.5. The van der Waals surface area contributed by atoms with Crippen LogP contribution >= 0.6 is 0 Å². The summed E-state index contributed by atoms with van der Waals surface area (Å²) < 4.78 is 7.13. The molecule has 2 aliphatic rings. The SMILES string of the molecule is Cc1noc(-c2ccnc(N3CCC4(CC3)Cc3cn(nn3)CCCNC(=O)[C@H](Cc3ccccc3)NC4=O)c2)n1. The van der Waals surface area contributed by atoms with Crippen LogP contribution in [0.2, 0.25) is 0 Å². The van der Waals surface area contributed by atoms with Crippen molar-refractivity contribution < 1.29 is 14.1 Å². The van der Waals surface area contributed by atoms with Crippen LogP contribution in [0.15, 0.2) is 59.4 Å². The van der Waals surface area contributed by atoms with Crippen LogP contribution < -0.4 is 15.5 Å². The van der Waals surface area contributed by atoms with Gasteiger partial charge in [0.05, 0.1) is 11.1 Å². The Morgan fingerprint density at radius 2 is 1.93 bits per heavy atom. The van der Waals surface area contributed by atoms with Crippen molar-refractivity contribution in [2.45, 2.75) is 51.6 Å². The van der Waals surface area contributed by atoms with E-state index in [-0.39, 0.29) is 11.8 Å². The summed E-state index contributed by atoms with van der Waals surface area (Å²) in [6.07, 6.45) is 6.36. The van der Waals surface area contributed by atoms with Crippen molar-refractivity contribution in [3.05, 3.63) is 71.9 Å². The molecular formula is C29H33N9O3. The fourth-order valence-electron chi connectivity index (χ4n) is 5.61. The quantitative estimate of drug-likeness (QED) is 0.387. The number of hydrogen-bond acceptors (Lipinski definition) is 9. The zero-order valence-corrected chi connectivity index (χ0v) is 23.0. The molecule has 0 radical (unpaired) electrons. The molecule has 1 atom stereocenters. The van der Waals surface area contributed by atoms with E-state index in [0.717, 1.165) is 29.1 Å². The Morgan fingerprint density at radius 3 is 2.71 bits per heavy atom. The standard InChI is InChI=1S/C29H33N9O3/c1-20-32-27(41-35-20)22-8-12-30-25(17-22)37-14-9-29(10-15-37)18-23-19-38(36-34-23)13-5-11-31-26(39)24(33-28(29)40)16-21-6-3-2-4-7-21/h2-4,6-8,12,17,19,24H,5,9-11,13-16,18H2,1H3,(H,31,39)(H,33,40)/t24-/m0/s1. The first kappa shape index (κ1) is 26.6. The number of fused-ring (bicyclic) bond motifs is 2. The van der Waals surface area contributed by atoms with Gasteiger partial charge < -0.3 is 20.1 Å². The zero-order chi connectivity index (χ0) is 28.2. The number of rotatable bonds is 4. The van der Waals surface area contributed by atoms with Crippen LogP contribution in [0.1, 0.15) is 36.3 Å². The molecular weight excluding hydrogens is 522 g/mol. The summed E-state index contributed by atoms with van der Waals surface area (Å²) in [5.41, 5.74) is 1.81. The lowest BCUT2D eigenvalue weighted by molar-refractivity contribution is -0.136. The molecule has 12 nitrogen and oxygen atoms in total. The molecule has 0 aliphatic carbocycles. The van der Waals surface area contributed by atoms with Gasteiger partial charge in [0.2, 0.25) is 11.8 Å². The minimum Gasteiger partial charge on any atom is -0.357 e. The van der Waals surface area contributed by atoms with Gasteiger partial charge in [-0.2, -0.15) is 4.98 Å². The molecule has 1 spiro atoms. The molecule has 2 amide bonds. The first-order valence-electron chi connectivity index (χ1n) is 14.0. The Morgan fingerprint density at radius 1 is 1.10 bits per heavy atom. The number of benzene rings is 1. The third-order valence-electron chi connectivity index (χ3n) is 7.92. The van der Waals surface area contributed by atoms with E-state index in [2.05, 4.69) is 41.0 Å². The molecule has 2 N–H and O–H groups in total. The summed E-state index contributed by atoms with van der Waals surface area (Å²) >= 11 is 0. The highest BCUT2D eigenvalue weighted by atomic mass is 16.5. The number of carbonyl (C=O) groups excluding carboxylic acids is 2. The molecule has 5 heterocycles. The summed E-state index contributed by atoms with van der Waals surface area (Å²) in [5, 5.41) is 18.7. The average Bonchev–Trinajstić information content (AvgIpc) is 3.64. The largest absolute Gasteiger partial charge is 0.357 e. The molecule has 4 aromatic rings. The second-order valence-corrected chi connectivity index (χ2v) is 10.8. The van der Waals surface area contributed by atoms with Crippen molar-refractivity contribution >= 4 is 17.6 Å². The third kappa shape index (κ3) is 5.96. The molecule has 6 rings (SSSR count). The molecule has 12 heteroatoms. The maximum Gasteiger partial charge on any atom is 0.258 e. The van der Waals surface area contributed by atoms with E-state index in [4.69, 9.17) is 4.52 Å². The summed E-state index contributed by atoms with van der Waals surface area (Å²) in [4.78, 5) is 38.5. The Balaban J connectivity index is 1.25. The lowest BCUT2D eigenvalue weighted by atomic mass is 9.73. The van der Waals surface area contributed by atoms with Gasteiger partial charge in [-0.25, -0.2) is 4.98 Å². The van der Waals surface area contributed by atoms with E-state index in [1.165, 1.54) is 0 Å². The first-order chi connectivity index (χ1) is 20.0. The summed E-state index contributed by atoms with van der Waals surface area (Å²) in [5.74, 6) is 1.49. The minimum absolute atomic E-state index is 0.134. The molecule has 0 unspecified atom stereocenters. The van der Waals surface area contributed by atoms with E-state index in [1.807, 2.05) is 48.7 Å². The molecule has 1 saturated heterocycles. The highest BCUT2D eigenvalue weighted by molar-refractivity contribution is 5.90. The molecule has 2 aliphatic heterocycles. The van der Waals surface area contributed by atoms with Gasteiger partial charge in [-0.15, -0.1) is 5.10 Å². The number of nitrogens with one attached hydrogen (secondary N) is 2. The van der Waals surface area contributed by atoms with Gasteiger partial charge in [0.1, 0.15) is 11.9 Å². The Labute approximate surface area is 237 Å². The number of aryl methyl sites for hydroxylation is 2. The predicted molar refractivity (Wildman–Crippen MR) is 150 cm³/mol. The molecule has 1 fully saturated rings. The van der Waals surface area contributed by atoms with E-state index in [9.17, 15) is 9.59 Å². The Bertz CT molecular complexity index is 1510. The number of carbonyl (C=O) groups is 2. The summed E-state index contributed by atoms with van der Waals surface area (Å²) in [6.45, 7) is 4.12. The van der Waals surface area contributed by atoms with Crippen molar-refractivity contribution in [2.24, 2.45) is 5.41 Å². The summed E-state index contributed by atoms with van der Waals surface area (Å²) in [7, 11) is 0. The summed E-state index contributed by atoms with van der Waals surface area (Å²) in [6, 6.07) is 12.9. The number of aromatic nitrogens is 6. The lowest BCUT2D eigenvalue weighted by Gasteiger charge is -2.41. The predicted octanol–water partition coefficient (Wildman–Crippen LogP) is 2.11. The highest BCUT2D eigenvalue weighted by Crippen LogP contribution is 2.37. The van der Waals surface area contributed by atoms with E-state index < -0.39 is 11.5 Å². The van der Waals surface area contributed by atoms with Crippen LogP contribution in [0, 0.1) is 12.3 Å². The maximum absolute atomic E-state index is 14.1. The van der Waals surface area contributed by atoms with Crippen LogP contribution in [0.5, 0.6) is 0 Å². The van der Waals surface area contributed by atoms with Gasteiger partial charge in [0.15, 0.2) is 5.82 Å². The zero-order valence-electron chi connectivity index (χ0n) is 23.0. The second kappa shape index (κ2) is 11.5. The van der Waals surface area contributed by atoms with Crippen molar-refractivity contribution in [1.82, 2.24) is 40.8 Å². The lowest BCUT2D eigenvalue weighted by Crippen LogP contribution is -2.56. The van der Waals surface area contributed by atoms with Crippen LogP contribution in [0.25, 0.3) is 11.5 Å². The maximum atomic E-state index is 14.1. The van der Waals surface area contributed by atoms with Gasteiger partial charge in [0.25, 0.3) is 5.89 Å².